The summed E-state index contributed by atoms with van der Waals surface area (Å²) < 4.78 is 27.6. The molecule has 0 saturated carbocycles. The molecule has 0 aliphatic heterocycles. The van der Waals surface area contributed by atoms with E-state index in [0.29, 0.717) is 5.56 Å². The van der Waals surface area contributed by atoms with E-state index < -0.39 is 28.7 Å². The molecule has 1 aromatic rings. The van der Waals surface area contributed by atoms with Crippen molar-refractivity contribution < 1.29 is 23.4 Å². The van der Waals surface area contributed by atoms with Crippen LogP contribution in [0.25, 0.3) is 0 Å². The molecule has 0 radical (unpaired) electrons. The molecule has 1 aromatic carbocycles. The lowest BCUT2D eigenvalue weighted by Crippen LogP contribution is -2.23. The summed E-state index contributed by atoms with van der Waals surface area (Å²) in [6, 6.07) is 6.01. The summed E-state index contributed by atoms with van der Waals surface area (Å²) in [6.07, 6.45) is -0.587. The molecule has 0 aromatic heterocycles. The molecule has 0 fully saturated rings. The fourth-order valence-corrected chi connectivity index (χ4v) is 2.15. The highest BCUT2D eigenvalue weighted by Gasteiger charge is 2.20. The predicted octanol–water partition coefficient (Wildman–Crippen LogP) is 0.131. The summed E-state index contributed by atoms with van der Waals surface area (Å²) in [6.45, 7) is -0.424. The van der Waals surface area contributed by atoms with Gasteiger partial charge in [0.15, 0.2) is 9.84 Å². The average molecular weight is 260 g/mol. The Hall–Kier alpha value is -0.950. The third-order valence-corrected chi connectivity index (χ3v) is 3.56. The molecule has 6 heteroatoms. The van der Waals surface area contributed by atoms with Gasteiger partial charge in [-0.15, -0.1) is 0 Å². The standard InChI is InChI=1S/C11H16O5S/c1-16-11(10(13)7-12)8-3-5-9(6-4-8)17(2,14)15/h3-6,10-13H,7H2,1-2H3/t10-,11+/m0/s1. The number of methoxy groups -OCH3 is 1. The molecule has 1 rings (SSSR count). The van der Waals surface area contributed by atoms with Crippen LogP contribution in [0.3, 0.4) is 0 Å². The van der Waals surface area contributed by atoms with Crippen molar-refractivity contribution in [3.63, 3.8) is 0 Å². The van der Waals surface area contributed by atoms with E-state index >= 15 is 0 Å². The van der Waals surface area contributed by atoms with Gasteiger partial charge in [-0.25, -0.2) is 8.42 Å². The number of ether oxygens (including phenoxy) is 1. The van der Waals surface area contributed by atoms with Crippen LogP contribution in [0.2, 0.25) is 0 Å². The number of hydrogen-bond acceptors (Lipinski definition) is 5. The van der Waals surface area contributed by atoms with Gasteiger partial charge in [0.25, 0.3) is 0 Å². The summed E-state index contributed by atoms with van der Waals surface area (Å²) in [4.78, 5) is 0.203. The Morgan fingerprint density at radius 2 is 1.82 bits per heavy atom. The van der Waals surface area contributed by atoms with E-state index in [-0.39, 0.29) is 4.90 Å². The van der Waals surface area contributed by atoms with E-state index in [1.54, 1.807) is 12.1 Å². The molecular weight excluding hydrogens is 244 g/mol. The number of aliphatic hydroxyl groups is 2. The number of benzene rings is 1. The second-order valence-corrected chi connectivity index (χ2v) is 5.76. The quantitative estimate of drug-likeness (QED) is 0.786. The van der Waals surface area contributed by atoms with Crippen LogP contribution < -0.4 is 0 Å². The minimum atomic E-state index is -3.23. The molecule has 0 bridgehead atoms. The molecule has 0 saturated heterocycles. The second-order valence-electron chi connectivity index (χ2n) is 3.75. The van der Waals surface area contributed by atoms with Crippen LogP contribution in [0.15, 0.2) is 29.2 Å². The Balaban J connectivity index is 3.01. The van der Waals surface area contributed by atoms with Crippen LogP contribution in [0.4, 0.5) is 0 Å². The fraction of sp³-hybridized carbons (Fsp3) is 0.455. The zero-order valence-corrected chi connectivity index (χ0v) is 10.5. The fourth-order valence-electron chi connectivity index (χ4n) is 1.52. The molecule has 17 heavy (non-hydrogen) atoms. The maximum Gasteiger partial charge on any atom is 0.175 e. The van der Waals surface area contributed by atoms with Crippen molar-refractivity contribution in [3.05, 3.63) is 29.8 Å². The Morgan fingerprint density at radius 3 is 2.18 bits per heavy atom. The van der Waals surface area contributed by atoms with Crippen molar-refractivity contribution in [2.24, 2.45) is 0 Å². The lowest BCUT2D eigenvalue weighted by Gasteiger charge is -2.20. The number of aliphatic hydroxyl groups excluding tert-OH is 2. The third-order valence-electron chi connectivity index (χ3n) is 2.43. The molecule has 0 aliphatic carbocycles. The molecule has 0 unspecified atom stereocenters. The summed E-state index contributed by atoms with van der Waals surface area (Å²) in [5.74, 6) is 0. The van der Waals surface area contributed by atoms with Crippen molar-refractivity contribution in [3.8, 4) is 0 Å². The van der Waals surface area contributed by atoms with Crippen LogP contribution in [0.5, 0.6) is 0 Å². The van der Waals surface area contributed by atoms with Crippen LogP contribution in [-0.2, 0) is 14.6 Å². The molecule has 0 aliphatic rings. The molecule has 0 heterocycles. The van der Waals surface area contributed by atoms with Gasteiger partial charge in [-0.2, -0.15) is 0 Å². The maximum atomic E-state index is 11.3. The highest BCUT2D eigenvalue weighted by molar-refractivity contribution is 7.90. The Morgan fingerprint density at radius 1 is 1.29 bits per heavy atom. The molecule has 0 spiro atoms. The van der Waals surface area contributed by atoms with Gasteiger partial charge in [0, 0.05) is 13.4 Å². The van der Waals surface area contributed by atoms with Gasteiger partial charge in [0.05, 0.1) is 11.5 Å². The minimum absolute atomic E-state index is 0.203. The normalized spacial score (nSPS) is 15.5. The highest BCUT2D eigenvalue weighted by atomic mass is 32.2. The van der Waals surface area contributed by atoms with E-state index in [0.717, 1.165) is 6.26 Å². The largest absolute Gasteiger partial charge is 0.394 e. The van der Waals surface area contributed by atoms with Gasteiger partial charge in [-0.3, -0.25) is 0 Å². The first-order valence-electron chi connectivity index (χ1n) is 5.02. The molecule has 5 nitrogen and oxygen atoms in total. The van der Waals surface area contributed by atoms with Crippen LogP contribution >= 0.6 is 0 Å². The SMILES string of the molecule is CO[C@H](c1ccc(S(C)(=O)=O)cc1)[C@@H](O)CO. The first-order chi connectivity index (χ1) is 7.90. The van der Waals surface area contributed by atoms with E-state index in [4.69, 9.17) is 9.84 Å². The number of hydrogen-bond donors (Lipinski definition) is 2. The number of rotatable bonds is 5. The summed E-state index contributed by atoms with van der Waals surface area (Å²) in [5, 5.41) is 18.4. The molecule has 2 N–H and O–H groups in total. The van der Waals surface area contributed by atoms with E-state index in [2.05, 4.69) is 0 Å². The second kappa shape index (κ2) is 5.59. The third kappa shape index (κ3) is 3.50. The average Bonchev–Trinajstić information content (AvgIpc) is 2.29. The molecular formula is C11H16O5S. The Labute approximate surface area is 101 Å². The van der Waals surface area contributed by atoms with Gasteiger partial charge in [-0.1, -0.05) is 12.1 Å². The van der Waals surface area contributed by atoms with Crippen LogP contribution in [0.1, 0.15) is 11.7 Å². The van der Waals surface area contributed by atoms with Crippen molar-refractivity contribution in [1.29, 1.82) is 0 Å². The Bertz CT molecular complexity index is 451. The van der Waals surface area contributed by atoms with Crippen molar-refractivity contribution in [2.75, 3.05) is 20.0 Å². The lowest BCUT2D eigenvalue weighted by molar-refractivity contribution is -0.0392. The maximum absolute atomic E-state index is 11.3. The molecule has 2 atom stereocenters. The summed E-state index contributed by atoms with van der Waals surface area (Å²) in [7, 11) is -1.82. The smallest absolute Gasteiger partial charge is 0.175 e. The zero-order valence-electron chi connectivity index (χ0n) is 9.70. The van der Waals surface area contributed by atoms with Crippen LogP contribution in [-0.4, -0.2) is 44.7 Å². The first kappa shape index (κ1) is 14.1. The van der Waals surface area contributed by atoms with Crippen molar-refractivity contribution in [2.45, 2.75) is 17.1 Å². The van der Waals surface area contributed by atoms with Gasteiger partial charge in [-0.05, 0) is 17.7 Å². The summed E-state index contributed by atoms with van der Waals surface area (Å²) >= 11 is 0. The predicted molar refractivity (Wildman–Crippen MR) is 62.4 cm³/mol. The highest BCUT2D eigenvalue weighted by Crippen LogP contribution is 2.22. The van der Waals surface area contributed by atoms with Gasteiger partial charge >= 0.3 is 0 Å². The zero-order chi connectivity index (χ0) is 13.1. The summed E-state index contributed by atoms with van der Waals surface area (Å²) in [5.41, 5.74) is 0.612. The van der Waals surface area contributed by atoms with Gasteiger partial charge < -0.3 is 14.9 Å². The van der Waals surface area contributed by atoms with Gasteiger partial charge in [0.2, 0.25) is 0 Å². The molecule has 0 amide bonds. The van der Waals surface area contributed by atoms with E-state index in [1.807, 2.05) is 0 Å². The van der Waals surface area contributed by atoms with Gasteiger partial charge in [0.1, 0.15) is 12.2 Å². The first-order valence-corrected chi connectivity index (χ1v) is 6.91. The van der Waals surface area contributed by atoms with Crippen molar-refractivity contribution in [1.82, 2.24) is 0 Å². The Kier molecular flexibility index (Phi) is 4.64. The minimum Gasteiger partial charge on any atom is -0.394 e. The van der Waals surface area contributed by atoms with Crippen LogP contribution in [0, 0.1) is 0 Å². The topological polar surface area (TPSA) is 83.8 Å². The number of sulfone groups is 1. The monoisotopic (exact) mass is 260 g/mol. The van der Waals surface area contributed by atoms with Crippen molar-refractivity contribution >= 4 is 9.84 Å². The van der Waals surface area contributed by atoms with E-state index in [9.17, 15) is 13.5 Å². The van der Waals surface area contributed by atoms with E-state index in [1.165, 1.54) is 19.2 Å². The molecule has 96 valence electrons. The lowest BCUT2D eigenvalue weighted by atomic mass is 10.1.